The first-order chi connectivity index (χ1) is 14.9. The number of nitro groups is 1. The minimum Gasteiger partial charge on any atom is -0.497 e. The highest BCUT2D eigenvalue weighted by Gasteiger charge is 2.20. The third-order valence-corrected chi connectivity index (χ3v) is 4.33. The van der Waals surface area contributed by atoms with Crippen molar-refractivity contribution in [1.29, 1.82) is 0 Å². The molecule has 0 N–H and O–H groups in total. The Balaban J connectivity index is 2.05. The summed E-state index contributed by atoms with van der Waals surface area (Å²) in [6, 6.07) is 9.17. The van der Waals surface area contributed by atoms with Crippen molar-refractivity contribution in [3.8, 4) is 29.1 Å². The highest BCUT2D eigenvalue weighted by molar-refractivity contribution is 5.51. The molecular weight excluding hydrogens is 412 g/mol. The van der Waals surface area contributed by atoms with Crippen LogP contribution in [0.25, 0.3) is 0 Å². The van der Waals surface area contributed by atoms with Crippen LogP contribution in [-0.4, -0.2) is 36.0 Å². The molecular formula is C21H17F2N3O5. The fourth-order valence-corrected chi connectivity index (χ4v) is 2.74. The second-order valence-corrected chi connectivity index (χ2v) is 6.18. The molecule has 0 spiro atoms. The van der Waals surface area contributed by atoms with E-state index < -0.39 is 27.9 Å². The molecule has 0 amide bonds. The normalized spacial score (nSPS) is 10.2. The Morgan fingerprint density at radius 1 is 1.00 bits per heavy atom. The van der Waals surface area contributed by atoms with E-state index in [1.165, 1.54) is 26.0 Å². The van der Waals surface area contributed by atoms with Crippen LogP contribution >= 0.6 is 0 Å². The molecule has 1 aromatic heterocycles. The predicted octanol–water partition coefficient (Wildman–Crippen LogP) is 3.54. The molecule has 0 saturated carbocycles. The Bertz CT molecular complexity index is 1150. The van der Waals surface area contributed by atoms with Crippen LogP contribution in [0.3, 0.4) is 0 Å². The lowest BCUT2D eigenvalue weighted by Gasteiger charge is -2.08. The second-order valence-electron chi connectivity index (χ2n) is 6.18. The third-order valence-electron chi connectivity index (χ3n) is 4.33. The topological polar surface area (TPSA) is 88.7 Å². The molecule has 0 aliphatic heterocycles. The molecule has 0 saturated heterocycles. The van der Waals surface area contributed by atoms with Gasteiger partial charge in [0.05, 0.1) is 39.0 Å². The first kappa shape index (κ1) is 21.6. The molecule has 0 aliphatic carbocycles. The third kappa shape index (κ3) is 4.56. The first-order valence-electron chi connectivity index (χ1n) is 8.85. The molecule has 0 atom stereocenters. The number of halogens is 2. The average molecular weight is 429 g/mol. The number of ether oxygens (including phenoxy) is 3. The maximum absolute atomic E-state index is 14.5. The lowest BCUT2D eigenvalue weighted by atomic mass is 10.1. The summed E-state index contributed by atoms with van der Waals surface area (Å²) in [6.45, 7) is 0.147. The van der Waals surface area contributed by atoms with Crippen molar-refractivity contribution in [2.24, 2.45) is 0 Å². The highest BCUT2D eigenvalue weighted by Crippen LogP contribution is 2.30. The number of nitrogens with zero attached hydrogens (tertiary/aromatic N) is 3. The van der Waals surface area contributed by atoms with Gasteiger partial charge in [-0.05, 0) is 28.5 Å². The molecule has 160 valence electrons. The summed E-state index contributed by atoms with van der Waals surface area (Å²) < 4.78 is 45.2. The molecule has 0 radical (unpaired) electrons. The predicted molar refractivity (Wildman–Crippen MR) is 106 cm³/mol. The van der Waals surface area contributed by atoms with E-state index >= 15 is 0 Å². The Labute approximate surface area is 176 Å². The number of aromatic nitrogens is 2. The smallest absolute Gasteiger partial charge is 0.391 e. The molecule has 0 unspecified atom stereocenters. The van der Waals surface area contributed by atoms with Crippen molar-refractivity contribution in [3.05, 3.63) is 75.0 Å². The van der Waals surface area contributed by atoms with Crippen molar-refractivity contribution < 1.29 is 27.9 Å². The molecule has 10 heteroatoms. The van der Waals surface area contributed by atoms with Crippen LogP contribution in [0.2, 0.25) is 0 Å². The van der Waals surface area contributed by atoms with Gasteiger partial charge in [0, 0.05) is 6.07 Å². The monoisotopic (exact) mass is 429 g/mol. The fourth-order valence-electron chi connectivity index (χ4n) is 2.74. The van der Waals surface area contributed by atoms with Gasteiger partial charge in [0.2, 0.25) is 0 Å². The zero-order valence-corrected chi connectivity index (χ0v) is 16.8. The molecule has 8 nitrogen and oxygen atoms in total. The number of methoxy groups -OCH3 is 3. The van der Waals surface area contributed by atoms with Crippen LogP contribution in [0, 0.1) is 33.6 Å². The van der Waals surface area contributed by atoms with Gasteiger partial charge < -0.3 is 24.3 Å². The molecule has 31 heavy (non-hydrogen) atoms. The van der Waals surface area contributed by atoms with Crippen LogP contribution < -0.4 is 14.2 Å². The zero-order chi connectivity index (χ0) is 22.5. The van der Waals surface area contributed by atoms with Crippen molar-refractivity contribution in [2.75, 3.05) is 21.3 Å². The van der Waals surface area contributed by atoms with E-state index in [0.717, 1.165) is 17.7 Å². The minimum absolute atomic E-state index is 0.100. The molecule has 3 rings (SSSR count). The van der Waals surface area contributed by atoms with E-state index in [-0.39, 0.29) is 23.7 Å². The highest BCUT2D eigenvalue weighted by atomic mass is 19.1. The maximum atomic E-state index is 14.5. The van der Waals surface area contributed by atoms with Crippen LogP contribution in [-0.2, 0) is 6.54 Å². The van der Waals surface area contributed by atoms with Crippen molar-refractivity contribution in [2.45, 2.75) is 6.54 Å². The molecule has 1 heterocycles. The molecule has 2 aromatic carbocycles. The Morgan fingerprint density at radius 2 is 1.61 bits per heavy atom. The summed E-state index contributed by atoms with van der Waals surface area (Å²) in [5, 5.41) is 15.1. The van der Waals surface area contributed by atoms with Crippen molar-refractivity contribution in [1.82, 2.24) is 9.78 Å². The van der Waals surface area contributed by atoms with Gasteiger partial charge in [-0.25, -0.2) is 8.78 Å². The summed E-state index contributed by atoms with van der Waals surface area (Å²) in [7, 11) is 3.98. The molecule has 0 bridgehead atoms. The van der Waals surface area contributed by atoms with Gasteiger partial charge in [-0.1, -0.05) is 18.1 Å². The number of benzene rings is 2. The summed E-state index contributed by atoms with van der Waals surface area (Å²) in [6.07, 6.45) is 0. The number of hydrogen-bond donors (Lipinski definition) is 0. The second kappa shape index (κ2) is 9.13. The summed E-state index contributed by atoms with van der Waals surface area (Å²) in [4.78, 5) is 10.5. The standard InChI is InChI=1S/C21H17F2N3O5/c1-29-15-7-4-13(5-8-15)12-25-14(10-19(24-25)26(27)28)6-9-16-20(22)17(30-2)11-18(31-3)21(16)23/h4-5,7-8,10-11H,12H2,1-3H3. The van der Waals surface area contributed by atoms with Gasteiger partial charge >= 0.3 is 5.82 Å². The van der Waals surface area contributed by atoms with Crippen molar-refractivity contribution in [3.63, 3.8) is 0 Å². The van der Waals surface area contributed by atoms with Gasteiger partial charge in [0.1, 0.15) is 17.0 Å². The average Bonchev–Trinajstić information content (AvgIpc) is 3.17. The number of rotatable bonds is 6. The van der Waals surface area contributed by atoms with E-state index in [0.29, 0.717) is 5.75 Å². The van der Waals surface area contributed by atoms with Crippen LogP contribution in [0.4, 0.5) is 14.6 Å². The lowest BCUT2D eigenvalue weighted by Crippen LogP contribution is -2.05. The summed E-state index contributed by atoms with van der Waals surface area (Å²) in [5.74, 6) is 2.63. The van der Waals surface area contributed by atoms with E-state index in [2.05, 4.69) is 16.9 Å². The van der Waals surface area contributed by atoms with Gasteiger partial charge in [-0.3, -0.25) is 0 Å². The van der Waals surface area contributed by atoms with Crippen LogP contribution in [0.15, 0.2) is 36.4 Å². The quantitative estimate of drug-likeness (QED) is 0.338. The Morgan fingerprint density at radius 3 is 2.13 bits per heavy atom. The minimum atomic E-state index is -1.01. The maximum Gasteiger partial charge on any atom is 0.391 e. The van der Waals surface area contributed by atoms with E-state index in [9.17, 15) is 18.9 Å². The zero-order valence-electron chi connectivity index (χ0n) is 16.8. The Hall–Kier alpha value is -4.13. The molecule has 3 aromatic rings. The fraction of sp³-hybridized carbons (Fsp3) is 0.190. The Kier molecular flexibility index (Phi) is 6.35. The summed E-state index contributed by atoms with van der Waals surface area (Å²) in [5.41, 5.74) is 0.279. The van der Waals surface area contributed by atoms with E-state index in [1.54, 1.807) is 24.3 Å². The largest absolute Gasteiger partial charge is 0.497 e. The molecule has 0 fully saturated rings. The van der Waals surface area contributed by atoms with E-state index in [1.807, 2.05) is 0 Å². The van der Waals surface area contributed by atoms with Crippen LogP contribution in [0.1, 0.15) is 16.8 Å². The van der Waals surface area contributed by atoms with Crippen LogP contribution in [0.5, 0.6) is 17.2 Å². The SMILES string of the molecule is COc1ccc(Cn2nc([N+](=O)[O-])cc2C#Cc2c(F)c(OC)cc(OC)c2F)cc1. The van der Waals surface area contributed by atoms with E-state index in [4.69, 9.17) is 14.2 Å². The molecule has 0 aliphatic rings. The van der Waals surface area contributed by atoms with Gasteiger partial charge in [-0.2, -0.15) is 4.68 Å². The first-order valence-corrected chi connectivity index (χ1v) is 8.85. The lowest BCUT2D eigenvalue weighted by molar-refractivity contribution is -0.389. The van der Waals surface area contributed by atoms with Crippen molar-refractivity contribution >= 4 is 5.82 Å². The number of hydrogen-bond acceptors (Lipinski definition) is 6. The summed E-state index contributed by atoms with van der Waals surface area (Å²) >= 11 is 0. The van der Waals surface area contributed by atoms with Gasteiger partial charge in [0.15, 0.2) is 23.1 Å². The van der Waals surface area contributed by atoms with Gasteiger partial charge in [0.25, 0.3) is 0 Å². The van der Waals surface area contributed by atoms with Gasteiger partial charge in [-0.15, -0.1) is 0 Å².